The van der Waals surface area contributed by atoms with Gasteiger partial charge in [-0.15, -0.1) is 0 Å². The Balaban J connectivity index is 1.83. The smallest absolute Gasteiger partial charge is 0.294 e. The average molecular weight is 340 g/mol. The van der Waals surface area contributed by atoms with Gasteiger partial charge < -0.3 is 15.3 Å². The van der Waals surface area contributed by atoms with Crippen molar-refractivity contribution in [2.75, 3.05) is 24.5 Å². The lowest BCUT2D eigenvalue weighted by Gasteiger charge is -2.37. The second-order valence-corrected chi connectivity index (χ2v) is 7.58. The molecule has 1 aromatic carbocycles. The predicted octanol–water partition coefficient (Wildman–Crippen LogP) is 0.703. The molecule has 3 rings (SSSR count). The van der Waals surface area contributed by atoms with Gasteiger partial charge in [0.2, 0.25) is 5.91 Å². The van der Waals surface area contributed by atoms with E-state index in [0.717, 1.165) is 18.7 Å². The minimum Gasteiger partial charge on any atom is -0.388 e. The Kier molecular flexibility index (Phi) is 4.31. The summed E-state index contributed by atoms with van der Waals surface area (Å²) in [5.41, 5.74) is 1.30. The van der Waals surface area contributed by atoms with Gasteiger partial charge in [-0.05, 0) is 37.0 Å². The highest BCUT2D eigenvalue weighted by molar-refractivity contribution is 7.85. The zero-order chi connectivity index (χ0) is 16.6. The first kappa shape index (κ1) is 16.2. The maximum absolute atomic E-state index is 11.3. The number of anilines is 1. The molecular weight excluding hydrogens is 320 g/mol. The highest BCUT2D eigenvalue weighted by Gasteiger charge is 2.28. The molecule has 1 amide bonds. The summed E-state index contributed by atoms with van der Waals surface area (Å²) in [5, 5.41) is 13.0. The van der Waals surface area contributed by atoms with Crippen LogP contribution in [-0.4, -0.2) is 43.6 Å². The molecule has 0 spiro atoms. The zero-order valence-electron chi connectivity index (χ0n) is 12.6. The van der Waals surface area contributed by atoms with E-state index in [0.29, 0.717) is 37.4 Å². The summed E-state index contributed by atoms with van der Waals surface area (Å²) < 4.78 is 31.7. The number of benzene rings is 1. The molecule has 0 radical (unpaired) electrons. The number of aliphatic hydroxyl groups excluding tert-OH is 1. The molecule has 2 aliphatic heterocycles. The molecule has 126 valence electrons. The van der Waals surface area contributed by atoms with Gasteiger partial charge in [-0.3, -0.25) is 9.35 Å². The molecule has 2 heterocycles. The van der Waals surface area contributed by atoms with Gasteiger partial charge in [0.05, 0.1) is 11.0 Å². The van der Waals surface area contributed by atoms with Crippen LogP contribution in [0.25, 0.3) is 0 Å². The molecule has 0 aromatic heterocycles. The molecule has 2 aliphatic rings. The lowest BCUT2D eigenvalue weighted by molar-refractivity contribution is -0.122. The normalized spacial score (nSPS) is 25.0. The van der Waals surface area contributed by atoms with Crippen LogP contribution < -0.4 is 10.2 Å². The third-order valence-electron chi connectivity index (χ3n) is 4.52. The first-order chi connectivity index (χ1) is 10.8. The van der Waals surface area contributed by atoms with Crippen molar-refractivity contribution in [2.24, 2.45) is 5.92 Å². The molecule has 1 aromatic rings. The molecule has 0 bridgehead atoms. The Morgan fingerprint density at radius 1 is 1.30 bits per heavy atom. The minimum atomic E-state index is -4.29. The number of nitrogens with one attached hydrogen (secondary N) is 1. The number of aliphatic hydroxyl groups is 1. The number of nitrogens with zero attached hydrogens (tertiary/aromatic N) is 1. The summed E-state index contributed by atoms with van der Waals surface area (Å²) in [6.07, 6.45) is 1.11. The van der Waals surface area contributed by atoms with E-state index in [1.54, 1.807) is 6.07 Å². The standard InChI is InChI=1S/C15H20N2O5S/c18-14-5-6-17(9-10-1-4-15(19)16-8-10)13-3-2-11(7-12(13)14)23(20,21)22/h2-3,7,10,14,18H,1,4-6,8-9H2,(H,16,19)(H,20,21,22). The van der Waals surface area contributed by atoms with Crippen LogP contribution in [0.3, 0.4) is 0 Å². The quantitative estimate of drug-likeness (QED) is 0.700. The van der Waals surface area contributed by atoms with E-state index in [1.807, 2.05) is 0 Å². The first-order valence-electron chi connectivity index (χ1n) is 7.66. The zero-order valence-corrected chi connectivity index (χ0v) is 13.4. The summed E-state index contributed by atoms with van der Waals surface area (Å²) in [6.45, 7) is 2.05. The van der Waals surface area contributed by atoms with E-state index in [2.05, 4.69) is 10.2 Å². The van der Waals surface area contributed by atoms with Gasteiger partial charge >= 0.3 is 0 Å². The number of carbonyl (C=O) groups excluding carboxylic acids is 1. The van der Waals surface area contributed by atoms with Crippen molar-refractivity contribution in [3.05, 3.63) is 23.8 Å². The van der Waals surface area contributed by atoms with Gasteiger partial charge in [0, 0.05) is 37.3 Å². The number of fused-ring (bicyclic) bond motifs is 1. The first-order valence-corrected chi connectivity index (χ1v) is 9.10. The molecule has 3 N–H and O–H groups in total. The van der Waals surface area contributed by atoms with Crippen molar-refractivity contribution in [3.63, 3.8) is 0 Å². The van der Waals surface area contributed by atoms with Crippen molar-refractivity contribution in [1.29, 1.82) is 0 Å². The minimum absolute atomic E-state index is 0.0773. The summed E-state index contributed by atoms with van der Waals surface area (Å²) in [6, 6.07) is 4.31. The van der Waals surface area contributed by atoms with Crippen molar-refractivity contribution in [1.82, 2.24) is 5.32 Å². The monoisotopic (exact) mass is 340 g/mol. The van der Waals surface area contributed by atoms with Gasteiger partial charge in [-0.2, -0.15) is 8.42 Å². The lowest BCUT2D eigenvalue weighted by Crippen LogP contribution is -2.42. The van der Waals surface area contributed by atoms with Crippen LogP contribution in [0.5, 0.6) is 0 Å². The molecule has 2 unspecified atom stereocenters. The van der Waals surface area contributed by atoms with E-state index in [9.17, 15) is 18.3 Å². The van der Waals surface area contributed by atoms with E-state index >= 15 is 0 Å². The molecule has 0 aliphatic carbocycles. The van der Waals surface area contributed by atoms with Crippen LogP contribution in [0.1, 0.15) is 30.9 Å². The Morgan fingerprint density at radius 2 is 2.09 bits per heavy atom. The molecule has 7 nitrogen and oxygen atoms in total. The average Bonchev–Trinajstić information content (AvgIpc) is 2.51. The van der Waals surface area contributed by atoms with Gasteiger partial charge in [0.1, 0.15) is 0 Å². The second kappa shape index (κ2) is 6.10. The van der Waals surface area contributed by atoms with Crippen LogP contribution in [0.15, 0.2) is 23.1 Å². The Hall–Kier alpha value is -1.64. The van der Waals surface area contributed by atoms with E-state index in [4.69, 9.17) is 4.55 Å². The highest BCUT2D eigenvalue weighted by atomic mass is 32.2. The van der Waals surface area contributed by atoms with Gasteiger partial charge in [-0.25, -0.2) is 0 Å². The summed E-state index contributed by atoms with van der Waals surface area (Å²) in [4.78, 5) is 13.1. The van der Waals surface area contributed by atoms with Gasteiger partial charge in [0.15, 0.2) is 0 Å². The maximum Gasteiger partial charge on any atom is 0.294 e. The van der Waals surface area contributed by atoms with Gasteiger partial charge in [0.25, 0.3) is 10.1 Å². The number of amides is 1. The van der Waals surface area contributed by atoms with Crippen molar-refractivity contribution in [2.45, 2.75) is 30.3 Å². The summed E-state index contributed by atoms with van der Waals surface area (Å²) in [7, 11) is -4.29. The SMILES string of the molecule is O=C1CCC(CN2CCC(O)c3cc(S(=O)(=O)O)ccc32)CN1. The van der Waals surface area contributed by atoms with Crippen LogP contribution in [-0.2, 0) is 14.9 Å². The molecule has 1 fully saturated rings. The number of carbonyl (C=O) groups is 1. The van der Waals surface area contributed by atoms with Crippen LogP contribution in [0.4, 0.5) is 5.69 Å². The van der Waals surface area contributed by atoms with Crippen LogP contribution >= 0.6 is 0 Å². The number of hydrogen-bond donors (Lipinski definition) is 3. The van der Waals surface area contributed by atoms with Crippen molar-refractivity contribution >= 4 is 21.7 Å². The Bertz CT molecular complexity index is 709. The van der Waals surface area contributed by atoms with Crippen molar-refractivity contribution in [3.8, 4) is 0 Å². The summed E-state index contributed by atoms with van der Waals surface area (Å²) in [5.74, 6) is 0.408. The molecule has 0 saturated carbocycles. The topological polar surface area (TPSA) is 107 Å². The predicted molar refractivity (Wildman–Crippen MR) is 83.8 cm³/mol. The molecular formula is C15H20N2O5S. The van der Waals surface area contributed by atoms with Gasteiger partial charge in [-0.1, -0.05) is 0 Å². The fraction of sp³-hybridized carbons (Fsp3) is 0.533. The number of piperidine rings is 1. The van der Waals surface area contributed by atoms with Crippen molar-refractivity contribution < 1.29 is 22.9 Å². The Labute approximate surface area is 135 Å². The van der Waals surface area contributed by atoms with Crippen LogP contribution in [0.2, 0.25) is 0 Å². The molecule has 8 heteroatoms. The summed E-state index contributed by atoms with van der Waals surface area (Å²) >= 11 is 0. The largest absolute Gasteiger partial charge is 0.388 e. The number of hydrogen-bond acceptors (Lipinski definition) is 5. The maximum atomic E-state index is 11.3. The Morgan fingerprint density at radius 3 is 2.74 bits per heavy atom. The van der Waals surface area contributed by atoms with E-state index < -0.39 is 16.2 Å². The highest BCUT2D eigenvalue weighted by Crippen LogP contribution is 2.36. The third-order valence-corrected chi connectivity index (χ3v) is 5.36. The molecule has 23 heavy (non-hydrogen) atoms. The fourth-order valence-electron chi connectivity index (χ4n) is 3.24. The second-order valence-electron chi connectivity index (χ2n) is 6.15. The number of rotatable bonds is 3. The fourth-order valence-corrected chi connectivity index (χ4v) is 3.76. The third kappa shape index (κ3) is 3.49. The molecule has 1 saturated heterocycles. The van der Waals surface area contributed by atoms with E-state index in [-0.39, 0.29) is 10.8 Å². The van der Waals surface area contributed by atoms with E-state index in [1.165, 1.54) is 12.1 Å². The van der Waals surface area contributed by atoms with Crippen LogP contribution in [0, 0.1) is 5.92 Å². The lowest BCUT2D eigenvalue weighted by atomic mass is 9.94. The molecule has 2 atom stereocenters.